The molecule has 0 aromatic heterocycles. The van der Waals surface area contributed by atoms with Crippen LogP contribution in [0.1, 0.15) is 33.3 Å². The number of benzene rings is 2. The number of esters is 1. The van der Waals surface area contributed by atoms with Gasteiger partial charge in [0.2, 0.25) is 11.8 Å². The lowest BCUT2D eigenvalue weighted by molar-refractivity contribution is -0.136. The number of ether oxygens (including phenoxy) is 2. The summed E-state index contributed by atoms with van der Waals surface area (Å²) in [6.45, 7) is 5.86. The Kier molecular flexibility index (Phi) is 12.0. The van der Waals surface area contributed by atoms with Crippen LogP contribution in [-0.2, 0) is 25.5 Å². The van der Waals surface area contributed by atoms with Crippen molar-refractivity contribution < 1.29 is 28.7 Å². The van der Waals surface area contributed by atoms with E-state index < -0.39 is 48.1 Å². The molecule has 0 aliphatic carbocycles. The highest BCUT2D eigenvalue weighted by Gasteiger charge is 2.27. The Morgan fingerprint density at radius 2 is 1.36 bits per heavy atom. The van der Waals surface area contributed by atoms with Gasteiger partial charge in [-0.25, -0.2) is 9.59 Å². The van der Waals surface area contributed by atoms with Gasteiger partial charge in [0.1, 0.15) is 34.3 Å². The maximum atomic E-state index is 13.0. The molecule has 0 heterocycles. The summed E-state index contributed by atoms with van der Waals surface area (Å²) in [6, 6.07) is 6.73. The van der Waals surface area contributed by atoms with Gasteiger partial charge in [0.25, 0.3) is 0 Å². The quantitative estimate of drug-likeness (QED) is 0.142. The van der Waals surface area contributed by atoms with E-state index in [-0.39, 0.29) is 37.3 Å². The molecule has 2 aromatic rings. The van der Waals surface area contributed by atoms with Crippen molar-refractivity contribution in [3.05, 3.63) is 61.0 Å². The number of carbonyl (C=O) groups is 4. The third-order valence-electron chi connectivity index (χ3n) is 4.83. The lowest BCUT2D eigenvalue weighted by Gasteiger charge is -2.23. The first-order valence-electron chi connectivity index (χ1n) is 11.4. The summed E-state index contributed by atoms with van der Waals surface area (Å²) in [7, 11) is 0. The molecule has 212 valence electrons. The molecule has 2 aromatic carbocycles. The normalized spacial score (nSPS) is 12.6. The summed E-state index contributed by atoms with van der Waals surface area (Å²) < 4.78 is 10.3. The zero-order valence-electron chi connectivity index (χ0n) is 21.3. The minimum absolute atomic E-state index is 0.0900. The molecule has 0 spiro atoms. The van der Waals surface area contributed by atoms with E-state index in [9.17, 15) is 19.2 Å². The van der Waals surface area contributed by atoms with Crippen LogP contribution in [-0.4, -0.2) is 48.1 Å². The molecule has 3 amide bonds. The fourth-order valence-corrected chi connectivity index (χ4v) is 4.21. The number of amides is 3. The third kappa shape index (κ3) is 9.92. The molecule has 0 saturated heterocycles. The Morgan fingerprint density at radius 3 is 1.90 bits per heavy atom. The van der Waals surface area contributed by atoms with Crippen LogP contribution in [0.2, 0.25) is 25.1 Å². The number of carbonyl (C=O) groups excluding carboxylic acids is 4. The highest BCUT2D eigenvalue weighted by atomic mass is 35.5. The van der Waals surface area contributed by atoms with Crippen LogP contribution < -0.4 is 20.7 Å². The Bertz CT molecular complexity index is 1210. The average molecular weight is 642 g/mol. The van der Waals surface area contributed by atoms with E-state index in [0.29, 0.717) is 0 Å². The molecular formula is C25H26Cl5N3O6. The van der Waals surface area contributed by atoms with Gasteiger partial charge in [-0.05, 0) is 33.3 Å². The van der Waals surface area contributed by atoms with E-state index >= 15 is 0 Å². The van der Waals surface area contributed by atoms with E-state index in [0.717, 1.165) is 5.56 Å². The van der Waals surface area contributed by atoms with Crippen molar-refractivity contribution >= 4 is 81.9 Å². The lowest BCUT2D eigenvalue weighted by Crippen LogP contribution is -2.54. The molecule has 14 heteroatoms. The molecule has 2 atom stereocenters. The largest absolute Gasteiger partial charge is 0.444 e. The van der Waals surface area contributed by atoms with Crippen LogP contribution >= 0.6 is 58.0 Å². The number of alkyl carbamates (subject to hydrolysis) is 1. The molecule has 0 bridgehead atoms. The van der Waals surface area contributed by atoms with Crippen LogP contribution in [0.25, 0.3) is 0 Å². The smallest absolute Gasteiger partial charge is 0.408 e. The number of hydrogen-bond acceptors (Lipinski definition) is 6. The predicted octanol–water partition coefficient (Wildman–Crippen LogP) is 5.62. The van der Waals surface area contributed by atoms with E-state index in [1.54, 1.807) is 51.1 Å². The van der Waals surface area contributed by atoms with Gasteiger partial charge in [-0.1, -0.05) is 88.3 Å². The fourth-order valence-electron chi connectivity index (χ4n) is 3.01. The van der Waals surface area contributed by atoms with E-state index in [2.05, 4.69) is 16.0 Å². The molecule has 9 nitrogen and oxygen atoms in total. The monoisotopic (exact) mass is 639 g/mol. The SMILES string of the molecule is C[C@H](NC(=O)OC(C)(C)C)C(=O)N[C@@H](Cc1ccccc1)C(=O)NCC(=O)Oc1c(Cl)c(Cl)c(Cl)c(Cl)c1Cl. The van der Waals surface area contributed by atoms with Crippen LogP contribution in [0.3, 0.4) is 0 Å². The molecule has 0 saturated carbocycles. The molecule has 0 fully saturated rings. The highest BCUT2D eigenvalue weighted by molar-refractivity contribution is 6.55. The number of hydrogen-bond donors (Lipinski definition) is 3. The molecule has 0 aliphatic heterocycles. The minimum Gasteiger partial charge on any atom is -0.444 e. The topological polar surface area (TPSA) is 123 Å². The van der Waals surface area contributed by atoms with Gasteiger partial charge < -0.3 is 25.4 Å². The number of rotatable bonds is 9. The van der Waals surface area contributed by atoms with Gasteiger partial charge >= 0.3 is 12.1 Å². The molecular weight excluding hydrogens is 616 g/mol. The summed E-state index contributed by atoms with van der Waals surface area (Å²) >= 11 is 30.0. The molecule has 0 unspecified atom stereocenters. The van der Waals surface area contributed by atoms with Crippen LogP contribution in [0.5, 0.6) is 5.75 Å². The zero-order valence-corrected chi connectivity index (χ0v) is 25.1. The van der Waals surface area contributed by atoms with Crippen molar-refractivity contribution in [1.29, 1.82) is 0 Å². The van der Waals surface area contributed by atoms with E-state index in [4.69, 9.17) is 67.5 Å². The molecule has 3 N–H and O–H groups in total. The summed E-state index contributed by atoms with van der Waals surface area (Å²) in [5.74, 6) is -2.62. The van der Waals surface area contributed by atoms with E-state index in [1.165, 1.54) is 6.92 Å². The zero-order chi connectivity index (χ0) is 29.5. The average Bonchev–Trinajstić information content (AvgIpc) is 2.86. The van der Waals surface area contributed by atoms with Crippen molar-refractivity contribution in [3.63, 3.8) is 0 Å². The maximum Gasteiger partial charge on any atom is 0.408 e. The van der Waals surface area contributed by atoms with Crippen LogP contribution in [0, 0.1) is 0 Å². The predicted molar refractivity (Wildman–Crippen MR) is 151 cm³/mol. The fraction of sp³-hybridized carbons (Fsp3) is 0.360. The van der Waals surface area contributed by atoms with Gasteiger partial charge in [0.15, 0.2) is 5.75 Å². The van der Waals surface area contributed by atoms with Crippen molar-refractivity contribution in [2.45, 2.75) is 51.8 Å². The molecule has 39 heavy (non-hydrogen) atoms. The van der Waals surface area contributed by atoms with Crippen molar-refractivity contribution in [2.75, 3.05) is 6.54 Å². The Hall–Kier alpha value is -2.43. The summed E-state index contributed by atoms with van der Waals surface area (Å²) in [5.41, 5.74) is -0.0285. The summed E-state index contributed by atoms with van der Waals surface area (Å²) in [5, 5.41) is 6.46. The molecule has 0 radical (unpaired) electrons. The van der Waals surface area contributed by atoms with Gasteiger partial charge in [0.05, 0.1) is 15.1 Å². The summed E-state index contributed by atoms with van der Waals surface area (Å²) in [4.78, 5) is 50.3. The van der Waals surface area contributed by atoms with Gasteiger partial charge in [-0.15, -0.1) is 0 Å². The van der Waals surface area contributed by atoms with Gasteiger partial charge in [0, 0.05) is 6.42 Å². The molecule has 2 rings (SSSR count). The van der Waals surface area contributed by atoms with Gasteiger partial charge in [-0.3, -0.25) is 9.59 Å². The first-order chi connectivity index (χ1) is 18.1. The second-order valence-corrected chi connectivity index (χ2v) is 11.1. The van der Waals surface area contributed by atoms with Crippen molar-refractivity contribution in [1.82, 2.24) is 16.0 Å². The van der Waals surface area contributed by atoms with Gasteiger partial charge in [-0.2, -0.15) is 0 Å². The minimum atomic E-state index is -1.11. The Labute approximate surface area is 250 Å². The maximum absolute atomic E-state index is 13.0. The molecule has 0 aliphatic rings. The third-order valence-corrected chi connectivity index (χ3v) is 7.08. The van der Waals surface area contributed by atoms with E-state index in [1.807, 2.05) is 0 Å². The second kappa shape index (κ2) is 14.3. The lowest BCUT2D eigenvalue weighted by atomic mass is 10.0. The highest BCUT2D eigenvalue weighted by Crippen LogP contribution is 2.48. The van der Waals surface area contributed by atoms with Crippen molar-refractivity contribution in [2.24, 2.45) is 0 Å². The number of nitrogens with one attached hydrogen (secondary N) is 3. The van der Waals surface area contributed by atoms with Crippen LogP contribution in [0.4, 0.5) is 4.79 Å². The number of halogens is 5. The first kappa shape index (κ1) is 32.8. The first-order valence-corrected chi connectivity index (χ1v) is 13.3. The Balaban J connectivity index is 2.10. The van der Waals surface area contributed by atoms with Crippen LogP contribution in [0.15, 0.2) is 30.3 Å². The van der Waals surface area contributed by atoms with Crippen molar-refractivity contribution in [3.8, 4) is 5.75 Å². The standard InChI is InChI=1S/C25H26Cl5N3O6/c1-12(32-24(37)39-25(2,3)4)22(35)33-14(10-13-8-6-5-7-9-13)23(36)31-11-15(34)38-21-19(29)17(27)16(26)18(28)20(21)30/h5-9,12,14H,10-11H2,1-4H3,(H,31,36)(H,32,37)(H,33,35)/t12-,14-/m0/s1. The second-order valence-electron chi connectivity index (χ2n) is 9.21. The Morgan fingerprint density at radius 1 is 0.821 bits per heavy atom. The summed E-state index contributed by atoms with van der Waals surface area (Å²) in [6.07, 6.45) is -0.705.